The van der Waals surface area contributed by atoms with E-state index in [1.165, 1.54) is 25.3 Å². The molecule has 6 heteroatoms. The Kier molecular flexibility index (Phi) is 9.01. The van der Waals surface area contributed by atoms with Gasteiger partial charge in [-0.05, 0) is 57.6 Å². The van der Waals surface area contributed by atoms with E-state index in [0.29, 0.717) is 0 Å². The molecule has 0 saturated heterocycles. The molecule has 0 spiro atoms. The highest BCUT2D eigenvalue weighted by Crippen LogP contribution is 2.05. The van der Waals surface area contributed by atoms with E-state index in [0.717, 1.165) is 32.5 Å². The fourth-order valence-corrected chi connectivity index (χ4v) is 2.35. The number of amidine groups is 1. The minimum atomic E-state index is -0.455. The summed E-state index contributed by atoms with van der Waals surface area (Å²) in [7, 11) is 1.45. The second-order valence-corrected chi connectivity index (χ2v) is 5.62. The molecule has 1 amide bonds. The lowest BCUT2D eigenvalue weighted by Crippen LogP contribution is -2.33. The molecule has 0 aliphatic heterocycles. The summed E-state index contributed by atoms with van der Waals surface area (Å²) in [5, 5.41) is 2.57. The standard InChI is InChI=1S/C18H28FN3O2/c1-5-22(6-2)12-8-9-14(3)20-18(24-4)21-17(23)15-10-7-11-16(19)13-15/h7,10-11,13-14H,5-6,8-9,12H2,1-4H3,(H,20,21,23). The molecule has 0 saturated carbocycles. The molecular weight excluding hydrogens is 309 g/mol. The molecule has 1 rings (SSSR count). The Morgan fingerprint density at radius 1 is 1.38 bits per heavy atom. The van der Waals surface area contributed by atoms with Gasteiger partial charge in [-0.1, -0.05) is 19.9 Å². The summed E-state index contributed by atoms with van der Waals surface area (Å²) in [5.74, 6) is -0.895. The van der Waals surface area contributed by atoms with Gasteiger partial charge in [-0.3, -0.25) is 10.1 Å². The first-order chi connectivity index (χ1) is 11.5. The Hall–Kier alpha value is -1.95. The van der Waals surface area contributed by atoms with Gasteiger partial charge in [0.25, 0.3) is 11.9 Å². The van der Waals surface area contributed by atoms with Gasteiger partial charge in [-0.15, -0.1) is 0 Å². The van der Waals surface area contributed by atoms with Gasteiger partial charge in [0.05, 0.1) is 13.2 Å². The number of amides is 1. The van der Waals surface area contributed by atoms with Crippen LogP contribution in [0.5, 0.6) is 0 Å². The molecule has 0 aliphatic rings. The SMILES string of the molecule is CCN(CC)CCCC(C)N=C(NC(=O)c1cccc(F)c1)OC. The van der Waals surface area contributed by atoms with E-state index in [2.05, 4.69) is 29.1 Å². The van der Waals surface area contributed by atoms with Crippen LogP contribution in [0.1, 0.15) is 44.0 Å². The molecule has 24 heavy (non-hydrogen) atoms. The van der Waals surface area contributed by atoms with Crippen LogP contribution in [0.4, 0.5) is 4.39 Å². The first-order valence-corrected chi connectivity index (χ1v) is 8.41. The number of carbonyl (C=O) groups excluding carboxylic acids is 1. The Labute approximate surface area is 143 Å². The van der Waals surface area contributed by atoms with Gasteiger partial charge in [0, 0.05) is 5.56 Å². The maximum Gasteiger partial charge on any atom is 0.291 e. The molecule has 1 aromatic rings. The van der Waals surface area contributed by atoms with E-state index in [1.807, 2.05) is 6.92 Å². The molecule has 0 aliphatic carbocycles. The van der Waals surface area contributed by atoms with E-state index >= 15 is 0 Å². The van der Waals surface area contributed by atoms with Gasteiger partial charge in [0.15, 0.2) is 0 Å². The van der Waals surface area contributed by atoms with Crippen LogP contribution in [-0.4, -0.2) is 49.6 Å². The zero-order valence-electron chi connectivity index (χ0n) is 15.0. The molecule has 134 valence electrons. The number of hydrogen-bond donors (Lipinski definition) is 1. The van der Waals surface area contributed by atoms with Crippen LogP contribution in [0.25, 0.3) is 0 Å². The molecule has 1 atom stereocenters. The quantitative estimate of drug-likeness (QED) is 0.586. The smallest absolute Gasteiger partial charge is 0.291 e. The van der Waals surface area contributed by atoms with Crippen molar-refractivity contribution in [1.29, 1.82) is 0 Å². The second kappa shape index (κ2) is 10.8. The molecular formula is C18H28FN3O2. The van der Waals surface area contributed by atoms with Crippen LogP contribution in [0.2, 0.25) is 0 Å². The van der Waals surface area contributed by atoms with Gasteiger partial charge < -0.3 is 9.64 Å². The topological polar surface area (TPSA) is 53.9 Å². The fourth-order valence-electron chi connectivity index (χ4n) is 2.35. The number of halogens is 1. The number of aliphatic imine (C=N–C) groups is 1. The lowest BCUT2D eigenvalue weighted by molar-refractivity contribution is 0.0967. The molecule has 1 aromatic carbocycles. The Morgan fingerprint density at radius 2 is 2.08 bits per heavy atom. The van der Waals surface area contributed by atoms with Gasteiger partial charge in [0.1, 0.15) is 5.82 Å². The van der Waals surface area contributed by atoms with E-state index < -0.39 is 11.7 Å². The third kappa shape index (κ3) is 7.08. The van der Waals surface area contributed by atoms with Gasteiger partial charge in [-0.25, -0.2) is 9.38 Å². The summed E-state index contributed by atoms with van der Waals surface area (Å²) in [4.78, 5) is 18.8. The second-order valence-electron chi connectivity index (χ2n) is 5.62. The average molecular weight is 337 g/mol. The van der Waals surface area contributed by atoms with Crippen molar-refractivity contribution in [3.63, 3.8) is 0 Å². The number of rotatable bonds is 8. The Morgan fingerprint density at radius 3 is 2.67 bits per heavy atom. The van der Waals surface area contributed by atoms with E-state index in [4.69, 9.17) is 4.74 Å². The Balaban J connectivity index is 2.54. The number of carbonyl (C=O) groups is 1. The number of hydrogen-bond acceptors (Lipinski definition) is 4. The monoisotopic (exact) mass is 337 g/mol. The predicted molar refractivity (Wildman–Crippen MR) is 94.8 cm³/mol. The minimum Gasteiger partial charge on any atom is -0.468 e. The van der Waals surface area contributed by atoms with E-state index in [1.54, 1.807) is 6.07 Å². The van der Waals surface area contributed by atoms with Crippen molar-refractivity contribution in [3.8, 4) is 0 Å². The van der Waals surface area contributed by atoms with Crippen molar-refractivity contribution < 1.29 is 13.9 Å². The van der Waals surface area contributed by atoms with Crippen molar-refractivity contribution in [2.24, 2.45) is 4.99 Å². The van der Waals surface area contributed by atoms with Crippen LogP contribution >= 0.6 is 0 Å². The number of benzene rings is 1. The summed E-state index contributed by atoms with van der Waals surface area (Å²) in [6, 6.07) is 5.68. The summed E-state index contributed by atoms with van der Waals surface area (Å²) < 4.78 is 18.3. The zero-order valence-corrected chi connectivity index (χ0v) is 15.0. The van der Waals surface area contributed by atoms with Crippen molar-refractivity contribution in [3.05, 3.63) is 35.6 Å². The van der Waals surface area contributed by atoms with Gasteiger partial charge in [-0.2, -0.15) is 0 Å². The summed E-state index contributed by atoms with van der Waals surface area (Å²) >= 11 is 0. The van der Waals surface area contributed by atoms with E-state index in [9.17, 15) is 9.18 Å². The molecule has 0 radical (unpaired) electrons. The zero-order chi connectivity index (χ0) is 17.9. The third-order valence-corrected chi connectivity index (χ3v) is 3.83. The van der Waals surface area contributed by atoms with Crippen molar-refractivity contribution in [2.45, 2.75) is 39.7 Å². The van der Waals surface area contributed by atoms with Crippen LogP contribution in [-0.2, 0) is 4.74 Å². The number of nitrogens with zero attached hydrogens (tertiary/aromatic N) is 2. The highest BCUT2D eigenvalue weighted by Gasteiger charge is 2.11. The van der Waals surface area contributed by atoms with Crippen LogP contribution in [0.3, 0.4) is 0 Å². The van der Waals surface area contributed by atoms with Gasteiger partial charge in [0.2, 0.25) is 0 Å². The number of methoxy groups -OCH3 is 1. The van der Waals surface area contributed by atoms with Crippen LogP contribution in [0.15, 0.2) is 29.3 Å². The van der Waals surface area contributed by atoms with Crippen LogP contribution in [0, 0.1) is 5.82 Å². The largest absolute Gasteiger partial charge is 0.468 e. The summed E-state index contributed by atoms with van der Waals surface area (Å²) in [6.45, 7) is 9.40. The number of ether oxygens (including phenoxy) is 1. The molecule has 0 aromatic heterocycles. The van der Waals surface area contributed by atoms with Gasteiger partial charge >= 0.3 is 0 Å². The lowest BCUT2D eigenvalue weighted by Gasteiger charge is -2.18. The number of nitrogens with one attached hydrogen (secondary N) is 1. The minimum absolute atomic E-state index is 0.0309. The third-order valence-electron chi connectivity index (χ3n) is 3.83. The maximum absolute atomic E-state index is 13.2. The molecule has 1 unspecified atom stereocenters. The molecule has 0 fully saturated rings. The van der Waals surface area contributed by atoms with Crippen LogP contribution < -0.4 is 5.32 Å². The fraction of sp³-hybridized carbons (Fsp3) is 0.556. The van der Waals surface area contributed by atoms with Crippen molar-refractivity contribution in [2.75, 3.05) is 26.7 Å². The Bertz CT molecular complexity index is 545. The first kappa shape index (κ1) is 20.1. The average Bonchev–Trinajstić information content (AvgIpc) is 2.58. The van der Waals surface area contributed by atoms with Crippen molar-refractivity contribution in [1.82, 2.24) is 10.2 Å². The molecule has 5 nitrogen and oxygen atoms in total. The summed E-state index contributed by atoms with van der Waals surface area (Å²) in [6.07, 6.45) is 1.93. The molecule has 1 N–H and O–H groups in total. The molecule has 0 heterocycles. The maximum atomic E-state index is 13.2. The predicted octanol–water partition coefficient (Wildman–Crippen LogP) is 3.07. The lowest BCUT2D eigenvalue weighted by atomic mass is 10.2. The molecule has 0 bridgehead atoms. The van der Waals surface area contributed by atoms with E-state index in [-0.39, 0.29) is 17.6 Å². The normalized spacial score (nSPS) is 13.0. The highest BCUT2D eigenvalue weighted by molar-refractivity contribution is 6.04. The van der Waals surface area contributed by atoms with Crippen molar-refractivity contribution >= 4 is 11.9 Å². The summed E-state index contributed by atoms with van der Waals surface area (Å²) in [5.41, 5.74) is 0.230. The highest BCUT2D eigenvalue weighted by atomic mass is 19.1. The first-order valence-electron chi connectivity index (χ1n) is 8.41.